The predicted octanol–water partition coefficient (Wildman–Crippen LogP) is 11.8. The lowest BCUT2D eigenvalue weighted by atomic mass is 10.1. The van der Waals surface area contributed by atoms with E-state index in [9.17, 15) is 9.59 Å². The van der Waals surface area contributed by atoms with Crippen LogP contribution in [0.1, 0.15) is 206 Å². The minimum atomic E-state index is -0.470. The number of unbranched alkanes of at least 4 members (excludes halogenated alkanes) is 22. The number of hydrogen-bond acceptors (Lipinski definition) is 5. The third-order valence-corrected chi connectivity index (χ3v) is 9.03. The zero-order valence-corrected chi connectivity index (χ0v) is 32.2. The minimum absolute atomic E-state index is 0.0795. The van der Waals surface area contributed by atoms with E-state index in [1.54, 1.807) is 0 Å². The Morgan fingerprint density at radius 1 is 0.571 bits per heavy atom. The minimum Gasteiger partial charge on any atom is -0.462 e. The standard InChI is InChI=1S/C42H79N3O4/c1-3-5-7-9-11-13-15-17-19-21-23-25-27-29-31-35-40(46)48-38-39(34-33-37-45-42(43)44)49-41(47)36-32-30-28-26-24-22-20-18-16-14-12-10-8-6-4-2/h17-20,39H,3-16,21-38H2,1-2H3,(H4,43,44,45)/b19-17-,20-18-. The van der Waals surface area contributed by atoms with Crippen LogP contribution in [-0.2, 0) is 19.1 Å². The average Bonchev–Trinajstić information content (AvgIpc) is 3.08. The third kappa shape index (κ3) is 38.3. The predicted molar refractivity (Wildman–Crippen MR) is 209 cm³/mol. The van der Waals surface area contributed by atoms with Gasteiger partial charge in [0, 0.05) is 19.4 Å². The van der Waals surface area contributed by atoms with Gasteiger partial charge in [0.05, 0.1) is 0 Å². The molecule has 7 heteroatoms. The SMILES string of the molecule is CCCCCCCC/C=C\CCCCCCCC(=O)OCC(CCCNC(=N)N)OC(=O)CCCCCCC/C=C\CCCCCCCC. The molecule has 0 heterocycles. The maximum absolute atomic E-state index is 12.6. The van der Waals surface area contributed by atoms with Gasteiger partial charge in [-0.15, -0.1) is 0 Å². The van der Waals surface area contributed by atoms with Gasteiger partial charge in [-0.3, -0.25) is 15.0 Å². The molecule has 0 aliphatic heterocycles. The number of allylic oxidation sites excluding steroid dienone is 4. The van der Waals surface area contributed by atoms with Crippen molar-refractivity contribution >= 4 is 17.9 Å². The van der Waals surface area contributed by atoms with Crippen LogP contribution in [0.15, 0.2) is 24.3 Å². The molecule has 0 bridgehead atoms. The van der Waals surface area contributed by atoms with Crippen molar-refractivity contribution in [3.05, 3.63) is 24.3 Å². The van der Waals surface area contributed by atoms with Crippen LogP contribution in [0, 0.1) is 5.41 Å². The van der Waals surface area contributed by atoms with E-state index in [-0.39, 0.29) is 24.5 Å². The molecule has 1 unspecified atom stereocenters. The molecule has 1 atom stereocenters. The van der Waals surface area contributed by atoms with Crippen molar-refractivity contribution < 1.29 is 19.1 Å². The fourth-order valence-corrected chi connectivity index (χ4v) is 5.91. The fraction of sp³-hybridized carbons (Fsp3) is 0.833. The number of esters is 2. The van der Waals surface area contributed by atoms with Crippen molar-refractivity contribution in [1.29, 1.82) is 5.41 Å². The van der Waals surface area contributed by atoms with Gasteiger partial charge in [-0.25, -0.2) is 0 Å². The quantitative estimate of drug-likeness (QED) is 0.0197. The normalized spacial score (nSPS) is 12.1. The fourth-order valence-electron chi connectivity index (χ4n) is 5.91. The van der Waals surface area contributed by atoms with Crippen molar-refractivity contribution in [2.75, 3.05) is 13.2 Å². The van der Waals surface area contributed by atoms with Crippen LogP contribution in [-0.4, -0.2) is 37.2 Å². The number of carbonyl (C=O) groups is 2. The Bertz CT molecular complexity index is 814. The Morgan fingerprint density at radius 2 is 0.959 bits per heavy atom. The van der Waals surface area contributed by atoms with Gasteiger partial charge in [-0.05, 0) is 77.0 Å². The molecular formula is C42H79N3O4. The molecule has 0 fully saturated rings. The topological polar surface area (TPSA) is 114 Å². The van der Waals surface area contributed by atoms with Gasteiger partial charge in [0.2, 0.25) is 0 Å². The number of hydrogen-bond donors (Lipinski definition) is 3. The summed E-state index contributed by atoms with van der Waals surface area (Å²) < 4.78 is 11.2. The van der Waals surface area contributed by atoms with Gasteiger partial charge >= 0.3 is 11.9 Å². The van der Waals surface area contributed by atoms with E-state index < -0.39 is 6.10 Å². The van der Waals surface area contributed by atoms with Crippen molar-refractivity contribution in [2.24, 2.45) is 5.73 Å². The first-order valence-electron chi connectivity index (χ1n) is 20.7. The Hall–Kier alpha value is -2.31. The number of guanidine groups is 1. The molecule has 0 aliphatic rings. The van der Waals surface area contributed by atoms with Gasteiger partial charge < -0.3 is 20.5 Å². The lowest BCUT2D eigenvalue weighted by Crippen LogP contribution is -2.32. The smallest absolute Gasteiger partial charge is 0.306 e. The maximum atomic E-state index is 12.6. The second-order valence-electron chi connectivity index (χ2n) is 13.9. The van der Waals surface area contributed by atoms with Gasteiger partial charge in [0.1, 0.15) is 12.7 Å². The van der Waals surface area contributed by atoms with Gasteiger partial charge in [-0.2, -0.15) is 0 Å². The molecule has 0 rings (SSSR count). The van der Waals surface area contributed by atoms with Crippen LogP contribution in [0.4, 0.5) is 0 Å². The molecule has 0 aromatic carbocycles. The van der Waals surface area contributed by atoms with Crippen LogP contribution < -0.4 is 11.1 Å². The van der Waals surface area contributed by atoms with Crippen LogP contribution in [0.3, 0.4) is 0 Å². The molecule has 0 aromatic rings. The van der Waals surface area contributed by atoms with E-state index in [0.29, 0.717) is 32.2 Å². The Balaban J connectivity index is 4.00. The zero-order valence-electron chi connectivity index (χ0n) is 32.2. The molecule has 0 amide bonds. The van der Waals surface area contributed by atoms with Gasteiger partial charge in [0.15, 0.2) is 5.96 Å². The van der Waals surface area contributed by atoms with Gasteiger partial charge in [-0.1, -0.05) is 141 Å². The van der Waals surface area contributed by atoms with Crippen LogP contribution in [0.5, 0.6) is 0 Å². The molecule has 0 spiro atoms. The first-order chi connectivity index (χ1) is 24.0. The molecule has 0 radical (unpaired) electrons. The number of nitrogens with one attached hydrogen (secondary N) is 2. The van der Waals surface area contributed by atoms with E-state index in [4.69, 9.17) is 20.6 Å². The highest BCUT2D eigenvalue weighted by Crippen LogP contribution is 2.14. The molecule has 286 valence electrons. The molecule has 0 aliphatic carbocycles. The Morgan fingerprint density at radius 3 is 1.39 bits per heavy atom. The summed E-state index contributed by atoms with van der Waals surface area (Å²) in [4.78, 5) is 24.9. The largest absolute Gasteiger partial charge is 0.462 e. The summed E-state index contributed by atoms with van der Waals surface area (Å²) in [6.07, 6.45) is 42.6. The van der Waals surface area contributed by atoms with E-state index in [2.05, 4.69) is 43.5 Å². The molecule has 4 N–H and O–H groups in total. The van der Waals surface area contributed by atoms with Crippen LogP contribution in [0.25, 0.3) is 0 Å². The van der Waals surface area contributed by atoms with E-state index in [1.807, 2.05) is 0 Å². The number of nitrogens with two attached hydrogens (primary N) is 1. The summed E-state index contributed by atoms with van der Waals surface area (Å²) in [5, 5.41) is 10.1. The van der Waals surface area contributed by atoms with Crippen molar-refractivity contribution in [3.63, 3.8) is 0 Å². The number of rotatable bonds is 37. The number of carbonyl (C=O) groups excluding carboxylic acids is 2. The lowest BCUT2D eigenvalue weighted by Gasteiger charge is -2.18. The monoisotopic (exact) mass is 690 g/mol. The highest BCUT2D eigenvalue weighted by molar-refractivity contribution is 5.74. The molecule has 7 nitrogen and oxygen atoms in total. The first-order valence-corrected chi connectivity index (χ1v) is 20.7. The van der Waals surface area contributed by atoms with Crippen LogP contribution in [0.2, 0.25) is 0 Å². The summed E-state index contributed by atoms with van der Waals surface area (Å²) in [6, 6.07) is 0. The zero-order chi connectivity index (χ0) is 35.9. The Kier molecular flexibility index (Phi) is 36.7. The van der Waals surface area contributed by atoms with E-state index in [1.165, 1.54) is 116 Å². The highest BCUT2D eigenvalue weighted by atomic mass is 16.6. The second-order valence-corrected chi connectivity index (χ2v) is 13.9. The molecule has 49 heavy (non-hydrogen) atoms. The molecular weight excluding hydrogens is 610 g/mol. The summed E-state index contributed by atoms with van der Waals surface area (Å²) >= 11 is 0. The molecule has 0 saturated heterocycles. The lowest BCUT2D eigenvalue weighted by molar-refractivity contribution is -0.159. The average molecular weight is 690 g/mol. The Labute approximate surface area is 302 Å². The van der Waals surface area contributed by atoms with Gasteiger partial charge in [0.25, 0.3) is 0 Å². The van der Waals surface area contributed by atoms with Crippen molar-refractivity contribution in [3.8, 4) is 0 Å². The van der Waals surface area contributed by atoms with E-state index in [0.717, 1.165) is 51.4 Å². The second kappa shape index (κ2) is 38.5. The molecule has 0 saturated carbocycles. The maximum Gasteiger partial charge on any atom is 0.306 e. The summed E-state index contributed by atoms with van der Waals surface area (Å²) in [6.45, 7) is 5.12. The summed E-state index contributed by atoms with van der Waals surface area (Å²) in [7, 11) is 0. The van der Waals surface area contributed by atoms with Crippen LogP contribution >= 0.6 is 0 Å². The van der Waals surface area contributed by atoms with E-state index >= 15 is 0 Å². The highest BCUT2D eigenvalue weighted by Gasteiger charge is 2.17. The summed E-state index contributed by atoms with van der Waals surface area (Å²) in [5.41, 5.74) is 5.38. The molecule has 0 aromatic heterocycles. The van der Waals surface area contributed by atoms with Crippen molar-refractivity contribution in [2.45, 2.75) is 213 Å². The summed E-state index contributed by atoms with van der Waals surface area (Å²) in [5.74, 6) is -0.530. The number of ether oxygens (including phenoxy) is 2. The third-order valence-electron chi connectivity index (χ3n) is 9.03. The first kappa shape index (κ1) is 46.7. The van der Waals surface area contributed by atoms with Crippen molar-refractivity contribution in [1.82, 2.24) is 5.32 Å².